The number of piperidine rings is 1. The number of aryl methyl sites for hydroxylation is 2. The highest BCUT2D eigenvalue weighted by Crippen LogP contribution is 2.26. The van der Waals surface area contributed by atoms with E-state index in [0.29, 0.717) is 38.2 Å². The summed E-state index contributed by atoms with van der Waals surface area (Å²) < 4.78 is 5.07. The van der Waals surface area contributed by atoms with Crippen molar-refractivity contribution in [2.24, 2.45) is 11.0 Å². The normalized spacial score (nSPS) is 17.0. The van der Waals surface area contributed by atoms with Gasteiger partial charge in [0.1, 0.15) is 5.71 Å². The monoisotopic (exact) mass is 456 g/mol. The Morgan fingerprint density at radius 1 is 1.15 bits per heavy atom. The van der Waals surface area contributed by atoms with Gasteiger partial charge in [-0.25, -0.2) is 5.01 Å². The zero-order valence-electron chi connectivity index (χ0n) is 19.8. The number of esters is 1. The van der Waals surface area contributed by atoms with Crippen molar-refractivity contribution in [2.45, 2.75) is 46.5 Å². The number of carbonyl (C=O) groups excluding carboxylic acids is 4. The molecule has 0 atom stereocenters. The highest BCUT2D eigenvalue weighted by molar-refractivity contribution is 6.40. The van der Waals surface area contributed by atoms with Crippen LogP contribution in [0.25, 0.3) is 0 Å². The van der Waals surface area contributed by atoms with Crippen LogP contribution in [0.5, 0.6) is 0 Å². The highest BCUT2D eigenvalue weighted by atomic mass is 16.5. The lowest BCUT2D eigenvalue weighted by Gasteiger charge is -2.32. The van der Waals surface area contributed by atoms with Crippen LogP contribution in [-0.4, -0.2) is 72.5 Å². The average molecular weight is 457 g/mol. The number of carbonyl (C=O) groups is 4. The third kappa shape index (κ3) is 5.77. The Bertz CT molecular complexity index is 966. The van der Waals surface area contributed by atoms with E-state index >= 15 is 0 Å². The van der Waals surface area contributed by atoms with Crippen LogP contribution < -0.4 is 5.01 Å². The molecule has 2 aliphatic rings. The Morgan fingerprint density at radius 2 is 1.85 bits per heavy atom. The maximum atomic E-state index is 13.0. The molecule has 0 unspecified atom stereocenters. The van der Waals surface area contributed by atoms with Gasteiger partial charge in [0, 0.05) is 33.0 Å². The number of rotatable bonds is 6. The number of hydrogen-bond donors (Lipinski definition) is 0. The molecule has 0 aliphatic carbocycles. The Kier molecular flexibility index (Phi) is 7.84. The molecule has 1 aromatic carbocycles. The van der Waals surface area contributed by atoms with Crippen molar-refractivity contribution in [2.75, 3.05) is 38.3 Å². The molecule has 1 aromatic rings. The molecule has 0 aromatic heterocycles. The third-order valence-corrected chi connectivity index (χ3v) is 6.06. The van der Waals surface area contributed by atoms with Gasteiger partial charge in [-0.2, -0.15) is 5.10 Å². The van der Waals surface area contributed by atoms with Crippen molar-refractivity contribution in [1.29, 1.82) is 0 Å². The smallest absolute Gasteiger partial charge is 0.309 e. The zero-order valence-corrected chi connectivity index (χ0v) is 19.8. The first-order valence-corrected chi connectivity index (χ1v) is 11.4. The van der Waals surface area contributed by atoms with E-state index < -0.39 is 0 Å². The summed E-state index contributed by atoms with van der Waals surface area (Å²) in [4.78, 5) is 53.1. The van der Waals surface area contributed by atoms with Crippen LogP contribution in [0.1, 0.15) is 43.7 Å². The van der Waals surface area contributed by atoms with Crippen molar-refractivity contribution in [3.8, 4) is 0 Å². The van der Waals surface area contributed by atoms with Gasteiger partial charge in [0.2, 0.25) is 11.8 Å². The molecule has 0 spiro atoms. The summed E-state index contributed by atoms with van der Waals surface area (Å²) in [6.07, 6.45) is 1.54. The molecule has 2 heterocycles. The minimum Gasteiger partial charge on any atom is -0.466 e. The van der Waals surface area contributed by atoms with Crippen molar-refractivity contribution >= 4 is 35.1 Å². The first-order chi connectivity index (χ1) is 15.7. The van der Waals surface area contributed by atoms with Gasteiger partial charge in [0.05, 0.1) is 24.8 Å². The molecule has 0 N–H and O–H groups in total. The van der Waals surface area contributed by atoms with Crippen molar-refractivity contribution in [3.63, 3.8) is 0 Å². The zero-order chi connectivity index (χ0) is 24.1. The second-order valence-electron chi connectivity index (χ2n) is 8.61. The largest absolute Gasteiger partial charge is 0.466 e. The number of anilines is 1. The summed E-state index contributed by atoms with van der Waals surface area (Å²) in [7, 11) is 1.56. The number of ether oxygens (including phenoxy) is 1. The molecule has 0 radical (unpaired) electrons. The molecule has 0 bridgehead atoms. The molecule has 178 valence electrons. The van der Waals surface area contributed by atoms with Crippen LogP contribution in [0.15, 0.2) is 23.3 Å². The molecule has 3 rings (SSSR count). The molecule has 1 saturated heterocycles. The Morgan fingerprint density at radius 3 is 2.52 bits per heavy atom. The van der Waals surface area contributed by atoms with Gasteiger partial charge < -0.3 is 14.5 Å². The second-order valence-corrected chi connectivity index (χ2v) is 8.61. The summed E-state index contributed by atoms with van der Waals surface area (Å²) in [5.41, 5.74) is 2.80. The number of hydrogen-bond acceptors (Lipinski definition) is 6. The number of likely N-dealkylation sites (tertiary alicyclic amines) is 1. The van der Waals surface area contributed by atoms with E-state index in [1.54, 1.807) is 18.9 Å². The predicted octanol–water partition coefficient (Wildman–Crippen LogP) is 2.05. The lowest BCUT2D eigenvalue weighted by atomic mass is 9.97. The Balaban J connectivity index is 1.62. The van der Waals surface area contributed by atoms with Gasteiger partial charge in [0.15, 0.2) is 0 Å². The number of benzene rings is 1. The molecular formula is C24H32N4O5. The summed E-state index contributed by atoms with van der Waals surface area (Å²) in [5, 5.41) is 5.66. The Hall–Kier alpha value is -3.23. The molecule has 33 heavy (non-hydrogen) atoms. The molecule has 0 saturated carbocycles. The fourth-order valence-corrected chi connectivity index (χ4v) is 4.06. The van der Waals surface area contributed by atoms with Crippen molar-refractivity contribution < 1.29 is 23.9 Å². The van der Waals surface area contributed by atoms with Crippen LogP contribution in [0.2, 0.25) is 0 Å². The molecular weight excluding hydrogens is 424 g/mol. The lowest BCUT2D eigenvalue weighted by Crippen LogP contribution is -2.47. The number of nitrogens with zero attached hydrogens (tertiary/aromatic N) is 4. The average Bonchev–Trinajstić information content (AvgIpc) is 2.80. The van der Waals surface area contributed by atoms with Crippen LogP contribution in [0.4, 0.5) is 5.69 Å². The van der Waals surface area contributed by atoms with Gasteiger partial charge >= 0.3 is 5.97 Å². The van der Waals surface area contributed by atoms with E-state index in [-0.39, 0.29) is 54.7 Å². The number of amides is 3. The fraction of sp³-hybridized carbons (Fsp3) is 0.542. The number of hydrazone groups is 1. The Labute approximate surface area is 194 Å². The molecule has 2 aliphatic heterocycles. The first-order valence-electron chi connectivity index (χ1n) is 11.4. The van der Waals surface area contributed by atoms with E-state index in [0.717, 1.165) is 11.1 Å². The van der Waals surface area contributed by atoms with Crippen molar-refractivity contribution in [3.05, 3.63) is 29.3 Å². The van der Waals surface area contributed by atoms with E-state index in [1.165, 1.54) is 9.91 Å². The fourth-order valence-electron chi connectivity index (χ4n) is 4.06. The van der Waals surface area contributed by atoms with Crippen LogP contribution in [-0.2, 0) is 23.9 Å². The van der Waals surface area contributed by atoms with Crippen LogP contribution in [0, 0.1) is 19.8 Å². The molecule has 3 amide bonds. The van der Waals surface area contributed by atoms with Crippen molar-refractivity contribution in [1.82, 2.24) is 9.80 Å². The van der Waals surface area contributed by atoms with E-state index in [9.17, 15) is 19.2 Å². The van der Waals surface area contributed by atoms with Gasteiger partial charge in [-0.15, -0.1) is 0 Å². The first kappa shape index (κ1) is 24.4. The topological polar surface area (TPSA) is 99.6 Å². The number of likely N-dealkylation sites (N-methyl/N-ethyl adjacent to an activating group) is 1. The SMILES string of the molecule is CCOC(=O)C1CCN(C(=O)CN(C)C(=O)C2=NN(c3cc(C)ccc3C)C(=O)CC2)CC1. The minimum absolute atomic E-state index is 0.0840. The predicted molar refractivity (Wildman–Crippen MR) is 124 cm³/mol. The maximum Gasteiger partial charge on any atom is 0.309 e. The summed E-state index contributed by atoms with van der Waals surface area (Å²) in [6, 6.07) is 5.74. The van der Waals surface area contributed by atoms with Gasteiger partial charge in [0.25, 0.3) is 5.91 Å². The van der Waals surface area contributed by atoms with Gasteiger partial charge in [-0.3, -0.25) is 19.2 Å². The van der Waals surface area contributed by atoms with E-state index in [2.05, 4.69) is 5.10 Å². The molecule has 1 fully saturated rings. The van der Waals surface area contributed by atoms with Crippen LogP contribution >= 0.6 is 0 Å². The van der Waals surface area contributed by atoms with Gasteiger partial charge in [-0.05, 0) is 50.8 Å². The summed E-state index contributed by atoms with van der Waals surface area (Å²) >= 11 is 0. The highest BCUT2D eigenvalue weighted by Gasteiger charge is 2.31. The van der Waals surface area contributed by atoms with Crippen LogP contribution in [0.3, 0.4) is 0 Å². The molecule has 9 nitrogen and oxygen atoms in total. The quantitative estimate of drug-likeness (QED) is 0.610. The summed E-state index contributed by atoms with van der Waals surface area (Å²) in [5.74, 6) is -1.10. The molecule has 9 heteroatoms. The minimum atomic E-state index is -0.368. The van der Waals surface area contributed by atoms with Gasteiger partial charge in [-0.1, -0.05) is 12.1 Å². The standard InChI is InChI=1S/C24H32N4O5/c1-5-33-24(32)18-10-12-27(13-11-18)22(30)15-26(4)23(31)19-8-9-21(29)28(25-19)20-14-16(2)6-7-17(20)3/h6-7,14,18H,5,8-13,15H2,1-4H3. The van der Waals surface area contributed by atoms with E-state index in [4.69, 9.17) is 4.74 Å². The summed E-state index contributed by atoms with van der Waals surface area (Å²) in [6.45, 7) is 6.78. The second kappa shape index (κ2) is 10.6. The van der Waals surface area contributed by atoms with E-state index in [1.807, 2.05) is 32.0 Å². The third-order valence-electron chi connectivity index (χ3n) is 6.06. The maximum absolute atomic E-state index is 13.0. The lowest BCUT2D eigenvalue weighted by molar-refractivity contribution is -0.151.